The van der Waals surface area contributed by atoms with Gasteiger partial charge >= 0.3 is 0 Å². The van der Waals surface area contributed by atoms with Gasteiger partial charge in [-0.2, -0.15) is 0 Å². The summed E-state index contributed by atoms with van der Waals surface area (Å²) < 4.78 is 1.26. The molecule has 0 aliphatic rings. The minimum Gasteiger partial charge on any atom is -0.507 e. The highest BCUT2D eigenvalue weighted by molar-refractivity contribution is 6.34. The number of aromatic nitrogens is 2. The number of fused-ring (bicyclic) bond motifs is 2. The lowest BCUT2D eigenvalue weighted by Gasteiger charge is -2.09. The van der Waals surface area contributed by atoms with Crippen LogP contribution in [-0.2, 0) is 0 Å². The monoisotopic (exact) mass is 350 g/mol. The van der Waals surface area contributed by atoms with Crippen molar-refractivity contribution >= 4 is 33.9 Å². The first-order valence-corrected chi connectivity index (χ1v) is 7.87. The van der Waals surface area contributed by atoms with Crippen LogP contribution in [0.15, 0.2) is 65.6 Å². The number of para-hydroxylation sites is 2. The molecular formula is C19H11ClN2O3. The van der Waals surface area contributed by atoms with Crippen molar-refractivity contribution in [2.45, 2.75) is 0 Å². The molecule has 5 nitrogen and oxygen atoms in total. The largest absolute Gasteiger partial charge is 0.507 e. The zero-order valence-electron chi connectivity index (χ0n) is 12.8. The van der Waals surface area contributed by atoms with Crippen LogP contribution in [0.3, 0.4) is 0 Å². The highest BCUT2D eigenvalue weighted by Gasteiger charge is 2.17. The van der Waals surface area contributed by atoms with Gasteiger partial charge in [0.05, 0.1) is 21.5 Å². The highest BCUT2D eigenvalue weighted by Crippen LogP contribution is 2.23. The van der Waals surface area contributed by atoms with Crippen LogP contribution in [0, 0.1) is 0 Å². The maximum atomic E-state index is 12.7. The molecule has 0 aliphatic carbocycles. The number of carbonyl (C=O) groups excluding carboxylic acids is 1. The van der Waals surface area contributed by atoms with Crippen molar-refractivity contribution in [3.05, 3.63) is 87.3 Å². The molecule has 1 N–H and O–H groups in total. The SMILES string of the molecule is O=C(c1cc(Cl)c2nc3ccccc3c(=O)n2c1)c1ccccc1O. The van der Waals surface area contributed by atoms with Crippen molar-refractivity contribution in [1.82, 2.24) is 9.38 Å². The summed E-state index contributed by atoms with van der Waals surface area (Å²) in [5.74, 6) is -0.560. The standard InChI is InChI=1S/C19H11ClN2O3/c20-14-9-11(17(24)13-6-2-4-8-16(13)23)10-22-18(14)21-15-7-3-1-5-12(15)19(22)25/h1-10,23H. The van der Waals surface area contributed by atoms with Crippen LogP contribution >= 0.6 is 11.6 Å². The Morgan fingerprint density at radius 3 is 2.60 bits per heavy atom. The van der Waals surface area contributed by atoms with Crippen LogP contribution in [0.25, 0.3) is 16.6 Å². The lowest BCUT2D eigenvalue weighted by atomic mass is 10.0. The van der Waals surface area contributed by atoms with Crippen LogP contribution in [0.1, 0.15) is 15.9 Å². The lowest BCUT2D eigenvalue weighted by molar-refractivity contribution is 0.103. The molecule has 0 fully saturated rings. The molecule has 6 heteroatoms. The molecule has 2 aromatic heterocycles. The maximum absolute atomic E-state index is 12.7. The average molecular weight is 351 g/mol. The Hall–Kier alpha value is -3.18. The molecule has 4 aromatic rings. The first-order valence-electron chi connectivity index (χ1n) is 7.49. The fourth-order valence-corrected chi connectivity index (χ4v) is 3.01. The summed E-state index contributed by atoms with van der Waals surface area (Å²) in [5, 5.41) is 10.5. The van der Waals surface area contributed by atoms with E-state index in [-0.39, 0.29) is 33.1 Å². The summed E-state index contributed by atoms with van der Waals surface area (Å²) in [7, 11) is 0. The van der Waals surface area contributed by atoms with Gasteiger partial charge < -0.3 is 5.11 Å². The molecule has 0 atom stereocenters. The third-order valence-corrected chi connectivity index (χ3v) is 4.26. The third-order valence-electron chi connectivity index (χ3n) is 3.98. The van der Waals surface area contributed by atoms with E-state index in [2.05, 4.69) is 4.98 Å². The van der Waals surface area contributed by atoms with Crippen molar-refractivity contribution < 1.29 is 9.90 Å². The van der Waals surface area contributed by atoms with Crippen molar-refractivity contribution in [3.63, 3.8) is 0 Å². The number of phenols is 1. The molecule has 0 saturated carbocycles. The Labute approximate surface area is 146 Å². The van der Waals surface area contributed by atoms with E-state index in [1.54, 1.807) is 36.4 Å². The molecule has 0 unspecified atom stereocenters. The summed E-state index contributed by atoms with van der Waals surface area (Å²) in [6.07, 6.45) is 1.40. The minimum absolute atomic E-state index is 0.132. The van der Waals surface area contributed by atoms with Gasteiger partial charge in [-0.3, -0.25) is 14.0 Å². The second-order valence-corrected chi connectivity index (χ2v) is 5.96. The predicted molar refractivity (Wildman–Crippen MR) is 95.5 cm³/mol. The fraction of sp³-hybridized carbons (Fsp3) is 0. The molecule has 0 radical (unpaired) electrons. The molecule has 0 bridgehead atoms. The smallest absolute Gasteiger partial charge is 0.265 e. The second kappa shape index (κ2) is 5.72. The van der Waals surface area contributed by atoms with Gasteiger partial charge in [-0.25, -0.2) is 4.98 Å². The maximum Gasteiger partial charge on any atom is 0.265 e. The number of nitrogens with zero attached hydrogens (tertiary/aromatic N) is 2. The molecule has 2 aromatic carbocycles. The Bertz CT molecular complexity index is 1210. The molecular weight excluding hydrogens is 340 g/mol. The summed E-state index contributed by atoms with van der Waals surface area (Å²) in [6, 6.07) is 14.6. The first-order chi connectivity index (χ1) is 12.1. The Balaban J connectivity index is 2.00. The van der Waals surface area contributed by atoms with Crippen molar-refractivity contribution in [1.29, 1.82) is 0 Å². The zero-order chi connectivity index (χ0) is 17.6. The van der Waals surface area contributed by atoms with E-state index < -0.39 is 5.78 Å². The summed E-state index contributed by atoms with van der Waals surface area (Å²) in [6.45, 7) is 0. The molecule has 2 heterocycles. The van der Waals surface area contributed by atoms with Gasteiger partial charge in [0.25, 0.3) is 5.56 Å². The van der Waals surface area contributed by atoms with Crippen molar-refractivity contribution in [3.8, 4) is 5.75 Å². The number of benzene rings is 2. The van der Waals surface area contributed by atoms with Crippen LogP contribution in [-0.4, -0.2) is 20.3 Å². The molecule has 25 heavy (non-hydrogen) atoms. The predicted octanol–water partition coefficient (Wildman–Crippen LogP) is 3.44. The Kier molecular flexibility index (Phi) is 3.51. The number of hydrogen-bond acceptors (Lipinski definition) is 4. The quantitative estimate of drug-likeness (QED) is 0.444. The number of aromatic hydroxyl groups is 1. The first kappa shape index (κ1) is 15.4. The van der Waals surface area contributed by atoms with Gasteiger partial charge in [0.2, 0.25) is 0 Å². The van der Waals surface area contributed by atoms with Crippen LogP contribution < -0.4 is 5.56 Å². The Morgan fingerprint density at radius 1 is 1.08 bits per heavy atom. The highest BCUT2D eigenvalue weighted by atomic mass is 35.5. The lowest BCUT2D eigenvalue weighted by Crippen LogP contribution is -2.17. The number of ketones is 1. The second-order valence-electron chi connectivity index (χ2n) is 5.55. The molecule has 4 rings (SSSR count). The van der Waals surface area contributed by atoms with E-state index in [1.807, 2.05) is 0 Å². The Morgan fingerprint density at radius 2 is 1.80 bits per heavy atom. The molecule has 122 valence electrons. The van der Waals surface area contributed by atoms with Gasteiger partial charge in [0.15, 0.2) is 11.4 Å². The zero-order valence-corrected chi connectivity index (χ0v) is 13.6. The van der Waals surface area contributed by atoms with Crippen LogP contribution in [0.5, 0.6) is 5.75 Å². The fourth-order valence-electron chi connectivity index (χ4n) is 2.76. The molecule has 0 amide bonds. The van der Waals surface area contributed by atoms with E-state index in [4.69, 9.17) is 11.6 Å². The average Bonchev–Trinajstić information content (AvgIpc) is 2.62. The topological polar surface area (TPSA) is 71.7 Å². The van der Waals surface area contributed by atoms with Crippen molar-refractivity contribution in [2.24, 2.45) is 0 Å². The van der Waals surface area contributed by atoms with E-state index in [1.165, 1.54) is 28.8 Å². The van der Waals surface area contributed by atoms with Gasteiger partial charge in [-0.05, 0) is 30.3 Å². The number of pyridine rings is 1. The summed E-state index contributed by atoms with van der Waals surface area (Å²) in [5.41, 5.74) is 0.834. The number of hydrogen-bond donors (Lipinski definition) is 1. The number of rotatable bonds is 2. The van der Waals surface area contributed by atoms with Crippen molar-refractivity contribution in [2.75, 3.05) is 0 Å². The van der Waals surface area contributed by atoms with Crippen LogP contribution in [0.2, 0.25) is 5.02 Å². The van der Waals surface area contributed by atoms with E-state index >= 15 is 0 Å². The number of carbonyl (C=O) groups is 1. The van der Waals surface area contributed by atoms with E-state index in [9.17, 15) is 14.7 Å². The van der Waals surface area contributed by atoms with Gasteiger partial charge in [-0.1, -0.05) is 35.9 Å². The van der Waals surface area contributed by atoms with Crippen LogP contribution in [0.4, 0.5) is 0 Å². The number of halogens is 1. The summed E-state index contributed by atoms with van der Waals surface area (Å²) >= 11 is 6.27. The van der Waals surface area contributed by atoms with E-state index in [0.29, 0.717) is 10.9 Å². The van der Waals surface area contributed by atoms with E-state index in [0.717, 1.165) is 0 Å². The van der Waals surface area contributed by atoms with Gasteiger partial charge in [-0.15, -0.1) is 0 Å². The molecule has 0 spiro atoms. The molecule has 0 saturated heterocycles. The minimum atomic E-state index is -0.429. The van der Waals surface area contributed by atoms with Gasteiger partial charge in [0, 0.05) is 11.8 Å². The van der Waals surface area contributed by atoms with Gasteiger partial charge in [0.1, 0.15) is 5.75 Å². The third kappa shape index (κ3) is 2.45. The normalized spacial score (nSPS) is 11.1. The summed E-state index contributed by atoms with van der Waals surface area (Å²) in [4.78, 5) is 29.8. The number of phenolic OH excluding ortho intramolecular Hbond substituents is 1. The molecule has 0 aliphatic heterocycles.